The Labute approximate surface area is 273 Å². The van der Waals surface area contributed by atoms with Gasteiger partial charge in [-0.25, -0.2) is 0 Å². The summed E-state index contributed by atoms with van der Waals surface area (Å²) in [7, 11) is 1.67. The van der Waals surface area contributed by atoms with Crippen LogP contribution in [0.2, 0.25) is 0 Å². The number of amides is 5. The van der Waals surface area contributed by atoms with Crippen LogP contribution in [0.5, 0.6) is 0 Å². The van der Waals surface area contributed by atoms with E-state index in [4.69, 9.17) is 14.2 Å². The van der Waals surface area contributed by atoms with Crippen molar-refractivity contribution >= 4 is 40.9 Å². The van der Waals surface area contributed by atoms with Crippen molar-refractivity contribution < 1.29 is 38.2 Å². The molecule has 3 heterocycles. The minimum atomic E-state index is -0.766. The fourth-order valence-electron chi connectivity index (χ4n) is 5.13. The Morgan fingerprint density at radius 1 is 1.00 bits per heavy atom. The quantitative estimate of drug-likeness (QED) is 0.0967. The monoisotopic (exact) mass is 656 g/mol. The van der Waals surface area contributed by atoms with Gasteiger partial charge in [-0.05, 0) is 30.5 Å². The van der Waals surface area contributed by atoms with Crippen molar-refractivity contribution in [1.82, 2.24) is 30.6 Å². The number of H-pyrrole nitrogens is 1. The lowest BCUT2D eigenvalue weighted by Gasteiger charge is -2.29. The molecule has 0 radical (unpaired) electrons. The van der Waals surface area contributed by atoms with Crippen molar-refractivity contribution in [2.24, 2.45) is 0 Å². The van der Waals surface area contributed by atoms with Crippen LogP contribution in [-0.4, -0.2) is 122 Å². The second kappa shape index (κ2) is 18.0. The summed E-state index contributed by atoms with van der Waals surface area (Å²) >= 11 is 0. The van der Waals surface area contributed by atoms with Gasteiger partial charge in [0, 0.05) is 57.0 Å². The molecule has 0 saturated carbocycles. The molecular formula is C31H44N8O8. The molecule has 4 rings (SSSR count). The van der Waals surface area contributed by atoms with Gasteiger partial charge >= 0.3 is 0 Å². The molecule has 2 aliphatic heterocycles. The Kier molecular flexibility index (Phi) is 13.5. The van der Waals surface area contributed by atoms with Crippen molar-refractivity contribution in [1.29, 1.82) is 0 Å². The van der Waals surface area contributed by atoms with E-state index < -0.39 is 11.9 Å². The maximum atomic E-state index is 13.4. The number of imide groups is 1. The van der Waals surface area contributed by atoms with Gasteiger partial charge in [0.05, 0.1) is 63.7 Å². The van der Waals surface area contributed by atoms with Crippen molar-refractivity contribution in [3.8, 4) is 0 Å². The fraction of sp³-hybridized carbons (Fsp3) is 0.548. The molecule has 1 unspecified atom stereocenters. The van der Waals surface area contributed by atoms with Crippen molar-refractivity contribution in [3.63, 3.8) is 0 Å². The van der Waals surface area contributed by atoms with Crippen LogP contribution in [0.25, 0.3) is 0 Å². The number of carbonyl (C=O) groups excluding carboxylic acids is 5. The third-order valence-corrected chi connectivity index (χ3v) is 7.59. The third kappa shape index (κ3) is 10.5. The highest BCUT2D eigenvalue weighted by molar-refractivity contribution is 6.06. The van der Waals surface area contributed by atoms with Gasteiger partial charge in [-0.3, -0.25) is 34.4 Å². The molecule has 0 aliphatic carbocycles. The summed E-state index contributed by atoms with van der Waals surface area (Å²) in [6, 6.07) is 2.60. The van der Waals surface area contributed by atoms with E-state index in [9.17, 15) is 24.0 Å². The zero-order valence-corrected chi connectivity index (χ0v) is 26.9. The number of hydrogen-bond donors (Lipinski definition) is 5. The molecule has 1 fully saturated rings. The molecule has 1 aromatic carbocycles. The highest BCUT2D eigenvalue weighted by atomic mass is 16.5. The van der Waals surface area contributed by atoms with E-state index >= 15 is 0 Å². The van der Waals surface area contributed by atoms with Gasteiger partial charge < -0.3 is 40.0 Å². The van der Waals surface area contributed by atoms with E-state index in [2.05, 4.69) is 31.5 Å². The predicted molar refractivity (Wildman–Crippen MR) is 170 cm³/mol. The lowest BCUT2D eigenvalue weighted by atomic mass is 10.0. The largest absolute Gasteiger partial charge is 0.379 e. The molecule has 16 nitrogen and oxygen atoms in total. The molecule has 5 amide bonds. The Balaban J connectivity index is 1.32. The minimum absolute atomic E-state index is 0.0759. The first-order valence-corrected chi connectivity index (χ1v) is 15.8. The van der Waals surface area contributed by atoms with Crippen molar-refractivity contribution in [2.45, 2.75) is 45.3 Å². The van der Waals surface area contributed by atoms with Gasteiger partial charge in [0.2, 0.25) is 23.6 Å². The van der Waals surface area contributed by atoms with E-state index in [1.165, 1.54) is 9.80 Å². The first-order valence-electron chi connectivity index (χ1n) is 15.8. The smallest absolute Gasteiger partial charge is 0.255 e. The molecule has 0 bridgehead atoms. The van der Waals surface area contributed by atoms with Crippen LogP contribution in [0.1, 0.15) is 47.7 Å². The normalized spacial score (nSPS) is 15.7. The summed E-state index contributed by atoms with van der Waals surface area (Å²) in [5, 5.41) is 17.9. The van der Waals surface area contributed by atoms with Crippen LogP contribution >= 0.6 is 0 Å². The Morgan fingerprint density at radius 2 is 1.70 bits per heavy atom. The van der Waals surface area contributed by atoms with Gasteiger partial charge in [-0.2, -0.15) is 5.10 Å². The number of benzene rings is 1. The molecule has 0 spiro atoms. The van der Waals surface area contributed by atoms with Crippen LogP contribution in [0, 0.1) is 0 Å². The lowest BCUT2D eigenvalue weighted by Crippen LogP contribution is -2.52. The van der Waals surface area contributed by atoms with Gasteiger partial charge in [0.1, 0.15) is 6.04 Å². The topological polar surface area (TPSA) is 196 Å². The lowest BCUT2D eigenvalue weighted by molar-refractivity contribution is -0.137. The number of anilines is 2. The van der Waals surface area contributed by atoms with Crippen LogP contribution in [0.3, 0.4) is 0 Å². The summed E-state index contributed by atoms with van der Waals surface area (Å²) in [6.07, 6.45) is 4.69. The number of hydrogen-bond acceptors (Lipinski definition) is 11. The molecule has 2 aliphatic rings. The molecule has 2 aromatic rings. The van der Waals surface area contributed by atoms with E-state index in [0.717, 1.165) is 12.0 Å². The molecule has 1 atom stereocenters. The highest BCUT2D eigenvalue weighted by Gasteiger charge is 2.39. The molecule has 16 heteroatoms. The zero-order chi connectivity index (χ0) is 33.6. The Bertz CT molecular complexity index is 1390. The predicted octanol–water partition coefficient (Wildman–Crippen LogP) is 0.229. The summed E-state index contributed by atoms with van der Waals surface area (Å²) in [6.45, 7) is 5.65. The summed E-state index contributed by atoms with van der Waals surface area (Å²) < 4.78 is 16.3. The second-order valence-electron chi connectivity index (χ2n) is 11.2. The van der Waals surface area contributed by atoms with Crippen LogP contribution < -0.4 is 21.3 Å². The number of fused-ring (bicyclic) bond motifs is 1. The molecule has 47 heavy (non-hydrogen) atoms. The number of piperidine rings is 1. The Hall–Kier alpha value is -4.54. The van der Waals surface area contributed by atoms with E-state index in [1.54, 1.807) is 31.6 Å². The summed E-state index contributed by atoms with van der Waals surface area (Å²) in [4.78, 5) is 66.1. The standard InChI is InChI=1S/C31H44N8O8/c1-3-7-45-9-11-47-12-10-46-8-6-32-28(41)17-33-24-13-22-20-39(26-4-5-27(40)37-30(26)43)31(44)23(22)14-25(24)34-18-29(42)38(2)19-21-15-35-36-16-21/h13-16,26,33-34H,3-12,17-20H2,1-2H3,(H,32,41)(H,35,36)(H,37,40,43). The SMILES string of the molecule is CCCOCCOCCOCCNC(=O)CNc1cc2c(cc1NCC(=O)N(C)Cc1cn[nH]c1)C(=O)N(C1CCC(=O)NC1=O)C2. The Morgan fingerprint density at radius 3 is 2.40 bits per heavy atom. The van der Waals surface area contributed by atoms with Gasteiger partial charge in [-0.1, -0.05) is 6.92 Å². The van der Waals surface area contributed by atoms with Crippen LogP contribution in [0.4, 0.5) is 11.4 Å². The fourth-order valence-corrected chi connectivity index (χ4v) is 5.13. The zero-order valence-electron chi connectivity index (χ0n) is 26.9. The maximum Gasteiger partial charge on any atom is 0.255 e. The summed E-state index contributed by atoms with van der Waals surface area (Å²) in [5.41, 5.74) is 2.84. The number of rotatable bonds is 20. The third-order valence-electron chi connectivity index (χ3n) is 7.59. The first-order chi connectivity index (χ1) is 22.8. The van der Waals surface area contributed by atoms with E-state index in [1.807, 2.05) is 6.92 Å². The molecular weight excluding hydrogens is 612 g/mol. The number of nitrogens with one attached hydrogen (secondary N) is 5. The number of nitrogens with zero attached hydrogens (tertiary/aromatic N) is 3. The van der Waals surface area contributed by atoms with Crippen molar-refractivity contribution in [3.05, 3.63) is 41.2 Å². The molecule has 256 valence electrons. The molecule has 1 saturated heterocycles. The summed E-state index contributed by atoms with van der Waals surface area (Å²) in [5.74, 6) is -1.70. The van der Waals surface area contributed by atoms with Crippen LogP contribution in [-0.2, 0) is 46.5 Å². The highest BCUT2D eigenvalue weighted by Crippen LogP contribution is 2.34. The van der Waals surface area contributed by atoms with Gasteiger partial charge in [-0.15, -0.1) is 0 Å². The van der Waals surface area contributed by atoms with E-state index in [0.29, 0.717) is 75.2 Å². The number of carbonyl (C=O) groups is 5. The number of ether oxygens (including phenoxy) is 3. The maximum absolute atomic E-state index is 13.4. The van der Waals surface area contributed by atoms with Gasteiger partial charge in [0.25, 0.3) is 5.91 Å². The second-order valence-corrected chi connectivity index (χ2v) is 11.2. The van der Waals surface area contributed by atoms with Gasteiger partial charge in [0.15, 0.2) is 0 Å². The number of likely N-dealkylation sites (N-methyl/N-ethyl adjacent to an activating group) is 1. The van der Waals surface area contributed by atoms with Crippen LogP contribution in [0.15, 0.2) is 24.5 Å². The molecule has 5 N–H and O–H groups in total. The average Bonchev–Trinajstić information content (AvgIpc) is 3.68. The number of aromatic nitrogens is 2. The first kappa shape index (κ1) is 35.3. The minimum Gasteiger partial charge on any atom is -0.379 e. The van der Waals surface area contributed by atoms with E-state index in [-0.39, 0.29) is 56.1 Å². The average molecular weight is 657 g/mol. The number of aromatic amines is 1. The molecule has 1 aromatic heterocycles. The van der Waals surface area contributed by atoms with Crippen molar-refractivity contribution in [2.75, 3.05) is 77.0 Å².